The predicted molar refractivity (Wildman–Crippen MR) is 33.7 cm³/mol. The summed E-state index contributed by atoms with van der Waals surface area (Å²) in [5.41, 5.74) is 0. The van der Waals surface area contributed by atoms with Crippen LogP contribution in [0, 0.1) is 0 Å². The largest absolute Gasteiger partial charge is 0.352 e. The molecule has 0 aromatic carbocycles. The van der Waals surface area contributed by atoms with Crippen LogP contribution >= 0.6 is 27.9 Å². The third-order valence-electron chi connectivity index (χ3n) is 0.869. The summed E-state index contributed by atoms with van der Waals surface area (Å²) in [4.78, 5) is 21.1. The number of nitrogens with zero attached hydrogens (tertiary/aromatic N) is 2. The summed E-state index contributed by atoms with van der Waals surface area (Å²) in [7, 11) is 0. The summed E-state index contributed by atoms with van der Waals surface area (Å²) >= 11 is 7.96. The molecular weight excluding hydrogens is 408 g/mol. The average molecular weight is 410 g/mol. The summed E-state index contributed by atoms with van der Waals surface area (Å²) in [6.07, 6.45) is 0. The van der Waals surface area contributed by atoms with Gasteiger partial charge in [-0.15, -0.1) is 0 Å². The third kappa shape index (κ3) is 1.73. The fourth-order valence-corrected chi connectivity index (χ4v) is 1.02. The van der Waals surface area contributed by atoms with E-state index >= 15 is 0 Å². The maximum atomic E-state index is 10.6. The van der Waals surface area contributed by atoms with Crippen molar-refractivity contribution in [2.75, 3.05) is 6.54 Å². The van der Waals surface area contributed by atoms with Crippen molar-refractivity contribution in [3.05, 3.63) is 0 Å². The number of hydrogen-bond acceptors (Lipinski definition) is 2. The van der Waals surface area contributed by atoms with Gasteiger partial charge in [0, 0.05) is 34.2 Å². The Balaban J connectivity index is 0.000000810. The zero-order chi connectivity index (χ0) is 7.02. The van der Waals surface area contributed by atoms with E-state index in [1.165, 1.54) is 0 Å². The van der Waals surface area contributed by atoms with Crippen LogP contribution in [0.5, 0.6) is 0 Å². The summed E-state index contributed by atoms with van der Waals surface area (Å²) in [6.45, 7) is -0.0639. The van der Waals surface area contributed by atoms with E-state index in [0.717, 1.165) is 8.34 Å². The van der Waals surface area contributed by atoms with Gasteiger partial charge in [0.2, 0.25) is 0 Å². The van der Waals surface area contributed by atoms with Crippen molar-refractivity contribution in [1.29, 1.82) is 0 Å². The van der Waals surface area contributed by atoms with Crippen molar-refractivity contribution < 1.29 is 32.0 Å². The molecule has 0 unspecified atom stereocenters. The van der Waals surface area contributed by atoms with Crippen molar-refractivity contribution in [3.8, 4) is 0 Å². The first-order chi connectivity index (χ1) is 4.13. The van der Waals surface area contributed by atoms with Gasteiger partial charge in [-0.05, 0) is 0 Å². The van der Waals surface area contributed by atoms with Gasteiger partial charge in [0.25, 0.3) is 5.91 Å². The molecule has 1 heterocycles. The van der Waals surface area contributed by atoms with Crippen LogP contribution in [0.2, 0.25) is 0 Å². The number of carbonyl (C=O) groups excluding carboxylic acids is 2. The molecule has 1 aliphatic rings. The zero-order valence-corrected chi connectivity index (χ0v) is 8.98. The number of hydrogen-bond donors (Lipinski definition) is 0. The normalized spacial score (nSPS) is 17.8. The van der Waals surface area contributed by atoms with Crippen LogP contribution in [-0.4, -0.2) is 26.8 Å². The van der Waals surface area contributed by atoms with E-state index in [2.05, 4.69) is 16.1 Å². The van der Waals surface area contributed by atoms with Crippen LogP contribution in [0.4, 0.5) is 4.79 Å². The summed E-state index contributed by atoms with van der Waals surface area (Å²) in [5.74, 6) is -0.352. The monoisotopic (exact) mass is 409 g/mol. The minimum Gasteiger partial charge on any atom is -0.271 e. The first-order valence-electron chi connectivity index (χ1n) is 2.09. The minimum absolute atomic E-state index is 0. The molecule has 61 valence electrons. The van der Waals surface area contributed by atoms with Crippen molar-refractivity contribution >= 4 is 39.9 Å². The van der Waals surface area contributed by atoms with E-state index in [4.69, 9.17) is 11.8 Å². The molecule has 0 aromatic heterocycles. The Kier molecular flexibility index (Phi) is 3.90. The summed E-state index contributed by atoms with van der Waals surface area (Å²) < 4.78 is 1.59. The van der Waals surface area contributed by atoms with Crippen LogP contribution in [0.1, 0.15) is 0 Å². The quantitative estimate of drug-likeness (QED) is 0.335. The van der Waals surface area contributed by atoms with Crippen molar-refractivity contribution in [2.24, 2.45) is 0 Å². The molecule has 1 fully saturated rings. The molecule has 10 heavy (non-hydrogen) atoms. The van der Waals surface area contributed by atoms with Gasteiger partial charge >= 0.3 is 6.03 Å². The van der Waals surface area contributed by atoms with E-state index in [0.29, 0.717) is 0 Å². The molecule has 0 bridgehead atoms. The SMILES string of the molecule is O=C1CN(Cl)C(=O)N1Br.[Au]. The van der Waals surface area contributed by atoms with E-state index in [9.17, 15) is 9.59 Å². The Labute approximate surface area is 86.4 Å². The molecule has 0 aromatic rings. The van der Waals surface area contributed by atoms with Gasteiger partial charge in [-0.3, -0.25) is 4.79 Å². The van der Waals surface area contributed by atoms with Crippen LogP contribution in [0.3, 0.4) is 0 Å². The smallest absolute Gasteiger partial charge is 0.271 e. The zero-order valence-electron chi connectivity index (χ0n) is 4.48. The van der Waals surface area contributed by atoms with Gasteiger partial charge in [-0.2, -0.15) is 3.93 Å². The summed E-state index contributed by atoms with van der Waals surface area (Å²) in [6, 6.07) is -0.540. The maximum absolute atomic E-state index is 10.6. The molecule has 1 rings (SSSR count). The Bertz CT molecular complexity index is 178. The van der Waals surface area contributed by atoms with Gasteiger partial charge in [0.1, 0.15) is 6.54 Å². The van der Waals surface area contributed by atoms with Crippen molar-refractivity contribution in [2.45, 2.75) is 0 Å². The van der Waals surface area contributed by atoms with Crippen LogP contribution < -0.4 is 0 Å². The second-order valence-corrected chi connectivity index (χ2v) is 2.59. The molecule has 4 nitrogen and oxygen atoms in total. The van der Waals surface area contributed by atoms with Gasteiger partial charge < -0.3 is 0 Å². The molecule has 1 saturated heterocycles. The van der Waals surface area contributed by atoms with Gasteiger partial charge in [0.05, 0.1) is 16.1 Å². The molecule has 7 heteroatoms. The standard InChI is InChI=1S/C3H2BrClN2O2.Au/c4-7-2(8)1-6(5)3(7)9;/h1H2;. The first kappa shape index (κ1) is 10.5. The molecule has 0 atom stereocenters. The fourth-order valence-electron chi connectivity index (χ4n) is 0.450. The average Bonchev–Trinajstić information content (AvgIpc) is 1.98. The fraction of sp³-hybridized carbons (Fsp3) is 0.333. The van der Waals surface area contributed by atoms with Gasteiger partial charge in [0.15, 0.2) is 0 Å². The third-order valence-corrected chi connectivity index (χ3v) is 1.83. The maximum Gasteiger partial charge on any atom is 0.352 e. The Hall–Kier alpha value is 0.450. The second kappa shape index (κ2) is 3.73. The molecular formula is C3H2AuBrClN2O2. The number of urea groups is 1. The van der Waals surface area contributed by atoms with Gasteiger partial charge in [-0.1, -0.05) is 0 Å². The summed E-state index contributed by atoms with van der Waals surface area (Å²) in [5, 5.41) is 0. The van der Waals surface area contributed by atoms with E-state index < -0.39 is 6.03 Å². The molecule has 0 aliphatic carbocycles. The molecule has 1 radical (unpaired) electrons. The van der Waals surface area contributed by atoms with Crippen molar-refractivity contribution in [3.63, 3.8) is 0 Å². The van der Waals surface area contributed by atoms with Crippen molar-refractivity contribution in [1.82, 2.24) is 8.34 Å². The van der Waals surface area contributed by atoms with Crippen LogP contribution in [0.15, 0.2) is 0 Å². The number of rotatable bonds is 0. The number of halogens is 2. The molecule has 0 saturated carbocycles. The van der Waals surface area contributed by atoms with Gasteiger partial charge in [-0.25, -0.2) is 9.21 Å². The number of amides is 3. The van der Waals surface area contributed by atoms with E-state index in [-0.39, 0.29) is 34.8 Å². The molecule has 3 amide bonds. The molecule has 0 spiro atoms. The number of carbonyl (C=O) groups is 2. The molecule has 0 N–H and O–H groups in total. The Morgan fingerprint density at radius 1 is 1.50 bits per heavy atom. The Morgan fingerprint density at radius 3 is 2.10 bits per heavy atom. The van der Waals surface area contributed by atoms with Crippen LogP contribution in [-0.2, 0) is 27.2 Å². The second-order valence-electron chi connectivity index (χ2n) is 1.48. The van der Waals surface area contributed by atoms with E-state index in [1.54, 1.807) is 0 Å². The molecule has 1 aliphatic heterocycles. The predicted octanol–water partition coefficient (Wildman–Crippen LogP) is 0.712. The number of imide groups is 1. The van der Waals surface area contributed by atoms with Crippen LogP contribution in [0.25, 0.3) is 0 Å². The first-order valence-corrected chi connectivity index (χ1v) is 3.13. The topological polar surface area (TPSA) is 40.6 Å². The minimum atomic E-state index is -0.540. The van der Waals surface area contributed by atoms with E-state index in [1.807, 2.05) is 0 Å². The Morgan fingerprint density at radius 2 is 2.00 bits per heavy atom.